The number of aryl methyl sites for hydroxylation is 1. The molecule has 0 amide bonds. The largest absolute Gasteiger partial charge is 0.493 e. The number of aromatic nitrogens is 1. The second-order valence-electron chi connectivity index (χ2n) is 4.48. The molecule has 2 aromatic rings. The lowest BCUT2D eigenvalue weighted by atomic mass is 10.1. The van der Waals surface area contributed by atoms with Crippen LogP contribution in [0.4, 0.5) is 5.69 Å². The van der Waals surface area contributed by atoms with Crippen LogP contribution in [0.5, 0.6) is 11.5 Å². The van der Waals surface area contributed by atoms with E-state index in [2.05, 4.69) is 22.4 Å². The van der Waals surface area contributed by atoms with Crippen LogP contribution in [0.3, 0.4) is 0 Å². The zero-order valence-electron chi connectivity index (χ0n) is 12.2. The lowest BCUT2D eigenvalue weighted by molar-refractivity contribution is 0.350. The predicted molar refractivity (Wildman–Crippen MR) is 85.5 cm³/mol. The summed E-state index contributed by atoms with van der Waals surface area (Å²) in [6.07, 6.45) is 2.59. The number of halogens is 1. The molecule has 0 unspecified atom stereocenters. The second kappa shape index (κ2) is 7.74. The second-order valence-corrected chi connectivity index (χ2v) is 4.86. The van der Waals surface area contributed by atoms with Crippen molar-refractivity contribution in [2.24, 2.45) is 0 Å². The van der Waals surface area contributed by atoms with Crippen LogP contribution in [0.1, 0.15) is 11.3 Å². The maximum absolute atomic E-state index is 5.73. The highest BCUT2D eigenvalue weighted by Gasteiger charge is 2.10. The zero-order chi connectivity index (χ0) is 15.1. The molecule has 1 aromatic carbocycles. The molecule has 0 aliphatic carbocycles. The normalized spacial score (nSPS) is 10.2. The number of benzene rings is 1. The lowest BCUT2D eigenvalue weighted by Crippen LogP contribution is -2.05. The summed E-state index contributed by atoms with van der Waals surface area (Å²) < 4.78 is 10.6. The standard InChI is InChI=1S/C16H19ClN2O2/c1-20-15-8-10-18-14(16(15)21-2)11-19-13-5-3-12(4-6-13)7-9-17/h3-6,8,10,19H,7,9,11H2,1-2H3. The van der Waals surface area contributed by atoms with E-state index in [1.807, 2.05) is 12.1 Å². The van der Waals surface area contributed by atoms with E-state index in [-0.39, 0.29) is 0 Å². The molecular weight excluding hydrogens is 288 g/mol. The summed E-state index contributed by atoms with van der Waals surface area (Å²) in [5.41, 5.74) is 3.06. The Hall–Kier alpha value is -1.94. The zero-order valence-corrected chi connectivity index (χ0v) is 13.0. The SMILES string of the molecule is COc1ccnc(CNc2ccc(CCCl)cc2)c1OC. The summed E-state index contributed by atoms with van der Waals surface area (Å²) >= 11 is 5.73. The molecule has 0 fully saturated rings. The molecule has 0 spiro atoms. The third kappa shape index (κ3) is 4.02. The maximum Gasteiger partial charge on any atom is 0.184 e. The van der Waals surface area contributed by atoms with Gasteiger partial charge in [0.2, 0.25) is 0 Å². The summed E-state index contributed by atoms with van der Waals surface area (Å²) in [7, 11) is 3.23. The third-order valence-electron chi connectivity index (χ3n) is 3.16. The molecule has 0 atom stereocenters. The molecule has 0 saturated heterocycles. The number of anilines is 1. The first kappa shape index (κ1) is 15.4. The third-order valence-corrected chi connectivity index (χ3v) is 3.35. The van der Waals surface area contributed by atoms with Gasteiger partial charge in [-0.15, -0.1) is 11.6 Å². The molecule has 0 bridgehead atoms. The van der Waals surface area contributed by atoms with E-state index in [1.54, 1.807) is 26.5 Å². The van der Waals surface area contributed by atoms with E-state index in [4.69, 9.17) is 21.1 Å². The monoisotopic (exact) mass is 306 g/mol. The van der Waals surface area contributed by atoms with Gasteiger partial charge >= 0.3 is 0 Å². The fourth-order valence-electron chi connectivity index (χ4n) is 2.06. The highest BCUT2D eigenvalue weighted by molar-refractivity contribution is 6.17. The number of hydrogen-bond donors (Lipinski definition) is 1. The fraction of sp³-hybridized carbons (Fsp3) is 0.312. The van der Waals surface area contributed by atoms with Crippen LogP contribution in [0.15, 0.2) is 36.5 Å². The Morgan fingerprint density at radius 1 is 1.10 bits per heavy atom. The number of pyridine rings is 1. The first-order chi connectivity index (χ1) is 10.3. The van der Waals surface area contributed by atoms with Crippen molar-refractivity contribution in [1.82, 2.24) is 4.98 Å². The molecule has 0 radical (unpaired) electrons. The maximum atomic E-state index is 5.73. The van der Waals surface area contributed by atoms with E-state index in [0.717, 1.165) is 17.8 Å². The minimum atomic E-state index is 0.565. The van der Waals surface area contributed by atoms with Crippen molar-refractivity contribution in [3.05, 3.63) is 47.8 Å². The molecular formula is C16H19ClN2O2. The molecule has 1 N–H and O–H groups in total. The van der Waals surface area contributed by atoms with Gasteiger partial charge in [-0.1, -0.05) is 12.1 Å². The molecule has 0 saturated carbocycles. The first-order valence-electron chi connectivity index (χ1n) is 6.73. The Morgan fingerprint density at radius 3 is 2.48 bits per heavy atom. The van der Waals surface area contributed by atoms with Gasteiger partial charge < -0.3 is 14.8 Å². The van der Waals surface area contributed by atoms with Crippen molar-refractivity contribution in [3.63, 3.8) is 0 Å². The van der Waals surface area contributed by atoms with Crippen molar-refractivity contribution in [2.75, 3.05) is 25.4 Å². The minimum absolute atomic E-state index is 0.565. The van der Waals surface area contributed by atoms with E-state index < -0.39 is 0 Å². The molecule has 0 aliphatic heterocycles. The molecule has 1 aromatic heterocycles. The number of ether oxygens (including phenoxy) is 2. The number of rotatable bonds is 7. The van der Waals surface area contributed by atoms with Crippen LogP contribution in [-0.2, 0) is 13.0 Å². The van der Waals surface area contributed by atoms with Crippen molar-refractivity contribution >= 4 is 17.3 Å². The molecule has 5 heteroatoms. The molecule has 2 rings (SSSR count). The van der Waals surface area contributed by atoms with E-state index in [0.29, 0.717) is 23.9 Å². The van der Waals surface area contributed by atoms with Gasteiger partial charge in [-0.2, -0.15) is 0 Å². The number of methoxy groups -OCH3 is 2. The molecule has 0 aliphatic rings. The predicted octanol–water partition coefficient (Wildman–Crippen LogP) is 3.49. The lowest BCUT2D eigenvalue weighted by Gasteiger charge is -2.13. The van der Waals surface area contributed by atoms with Gasteiger partial charge in [0.1, 0.15) is 5.69 Å². The summed E-state index contributed by atoms with van der Waals surface area (Å²) in [6.45, 7) is 0.565. The summed E-state index contributed by atoms with van der Waals surface area (Å²) in [5, 5.41) is 3.33. The summed E-state index contributed by atoms with van der Waals surface area (Å²) in [6, 6.07) is 9.99. The highest BCUT2D eigenvalue weighted by atomic mass is 35.5. The van der Waals surface area contributed by atoms with Crippen molar-refractivity contribution in [2.45, 2.75) is 13.0 Å². The number of hydrogen-bond acceptors (Lipinski definition) is 4. The smallest absolute Gasteiger partial charge is 0.184 e. The van der Waals surface area contributed by atoms with Gasteiger partial charge in [0, 0.05) is 23.8 Å². The van der Waals surface area contributed by atoms with Gasteiger partial charge in [0.25, 0.3) is 0 Å². The Balaban J connectivity index is 2.05. The summed E-state index contributed by atoms with van der Waals surface area (Å²) in [5.74, 6) is 1.98. The Bertz CT molecular complexity index is 573. The van der Waals surface area contributed by atoms with Crippen molar-refractivity contribution in [1.29, 1.82) is 0 Å². The average molecular weight is 307 g/mol. The Labute approximate surface area is 130 Å². The number of alkyl halides is 1. The minimum Gasteiger partial charge on any atom is -0.493 e. The van der Waals surface area contributed by atoms with Crippen LogP contribution in [0.2, 0.25) is 0 Å². The van der Waals surface area contributed by atoms with Gasteiger partial charge in [-0.25, -0.2) is 0 Å². The van der Waals surface area contributed by atoms with Crippen molar-refractivity contribution in [3.8, 4) is 11.5 Å². The van der Waals surface area contributed by atoms with Crippen LogP contribution in [0.25, 0.3) is 0 Å². The van der Waals surface area contributed by atoms with E-state index >= 15 is 0 Å². The van der Waals surface area contributed by atoms with Crippen LogP contribution >= 0.6 is 11.6 Å². The van der Waals surface area contributed by atoms with Gasteiger partial charge in [-0.05, 0) is 24.1 Å². The van der Waals surface area contributed by atoms with Gasteiger partial charge in [-0.3, -0.25) is 4.98 Å². The van der Waals surface area contributed by atoms with Crippen LogP contribution in [0, 0.1) is 0 Å². The Kier molecular flexibility index (Phi) is 5.69. The first-order valence-corrected chi connectivity index (χ1v) is 7.26. The number of nitrogens with zero attached hydrogens (tertiary/aromatic N) is 1. The fourth-order valence-corrected chi connectivity index (χ4v) is 2.28. The van der Waals surface area contributed by atoms with Crippen LogP contribution < -0.4 is 14.8 Å². The highest BCUT2D eigenvalue weighted by Crippen LogP contribution is 2.29. The van der Waals surface area contributed by atoms with Crippen molar-refractivity contribution < 1.29 is 9.47 Å². The van der Waals surface area contributed by atoms with E-state index in [1.165, 1.54) is 5.56 Å². The molecule has 1 heterocycles. The quantitative estimate of drug-likeness (QED) is 0.795. The van der Waals surface area contributed by atoms with Gasteiger partial charge in [0.15, 0.2) is 11.5 Å². The average Bonchev–Trinajstić information content (AvgIpc) is 2.54. The molecule has 112 valence electrons. The molecule has 4 nitrogen and oxygen atoms in total. The van der Waals surface area contributed by atoms with Gasteiger partial charge in [0.05, 0.1) is 20.8 Å². The number of nitrogens with one attached hydrogen (secondary N) is 1. The van der Waals surface area contributed by atoms with E-state index in [9.17, 15) is 0 Å². The Morgan fingerprint density at radius 2 is 1.86 bits per heavy atom. The topological polar surface area (TPSA) is 43.4 Å². The molecule has 21 heavy (non-hydrogen) atoms. The summed E-state index contributed by atoms with van der Waals surface area (Å²) in [4.78, 5) is 4.34. The van der Waals surface area contributed by atoms with Crippen LogP contribution in [-0.4, -0.2) is 25.1 Å².